The van der Waals surface area contributed by atoms with Crippen molar-refractivity contribution in [2.24, 2.45) is 67.9 Å². The van der Waals surface area contributed by atoms with Crippen molar-refractivity contribution in [1.29, 1.82) is 0 Å². The van der Waals surface area contributed by atoms with Crippen LogP contribution < -0.4 is 11.1 Å². The Morgan fingerprint density at radius 2 is 1.74 bits per heavy atom. The number of imidazole rings is 1. The lowest BCUT2D eigenvalue weighted by Gasteiger charge is -2.64. The predicted molar refractivity (Wildman–Crippen MR) is 279 cm³/mol. The molecule has 6 fully saturated rings. The van der Waals surface area contributed by atoms with Crippen LogP contribution in [0.15, 0.2) is 76.8 Å². The molecule has 9 rings (SSSR count). The van der Waals surface area contributed by atoms with Crippen molar-refractivity contribution in [3.63, 3.8) is 0 Å². The molecule has 0 amide bonds. The SMILES string of the molecule is CC(O)NC(N)=NCC1CC2(CO)C3CC(C(CCc4ccccc4)SSCC(n4ccnc4)CC(C)(C)C(=C4CCCC5(CCCC5)C4)CC(O)C3C)C2(O)C2=CC(=O)C3CC(O)C(O)CC3(C)C21. The normalized spacial score (nSPS) is 41.5. The second kappa shape index (κ2) is 20.6. The molecule has 386 valence electrons. The van der Waals surface area contributed by atoms with Crippen molar-refractivity contribution in [3.05, 3.63) is 77.4 Å². The van der Waals surface area contributed by atoms with Crippen LogP contribution in [0.2, 0.25) is 0 Å². The number of carbonyl (C=O) groups excluding carboxylic acids is 1. The highest BCUT2D eigenvalue weighted by Crippen LogP contribution is 2.73. The van der Waals surface area contributed by atoms with E-state index in [9.17, 15) is 35.4 Å². The molecule has 2 bridgehead atoms. The quantitative estimate of drug-likeness (QED) is 0.0418. The Morgan fingerprint density at radius 1 is 1.00 bits per heavy atom. The zero-order valence-corrected chi connectivity index (χ0v) is 44.0. The molecule has 1 aromatic carbocycles. The predicted octanol–water partition coefficient (Wildman–Crippen LogP) is 7.93. The molecule has 70 heavy (non-hydrogen) atoms. The summed E-state index contributed by atoms with van der Waals surface area (Å²) >= 11 is 0. The van der Waals surface area contributed by atoms with Crippen molar-refractivity contribution in [1.82, 2.24) is 14.9 Å². The summed E-state index contributed by atoms with van der Waals surface area (Å²) < 4.78 is 2.26. The summed E-state index contributed by atoms with van der Waals surface area (Å²) in [4.78, 5) is 24.2. The van der Waals surface area contributed by atoms with Crippen LogP contribution in [0, 0.1) is 57.2 Å². The first-order valence-electron chi connectivity index (χ1n) is 26.7. The maximum Gasteiger partial charge on any atom is 0.190 e. The number of carbonyl (C=O) groups is 1. The summed E-state index contributed by atoms with van der Waals surface area (Å²) in [6.45, 7) is 10.4. The topological polar surface area (TPSA) is 207 Å². The van der Waals surface area contributed by atoms with Gasteiger partial charge in [0, 0.05) is 53.2 Å². The smallest absolute Gasteiger partial charge is 0.190 e. The highest BCUT2D eigenvalue weighted by Gasteiger charge is 2.74. The van der Waals surface area contributed by atoms with E-state index in [-0.39, 0.29) is 72.2 Å². The molecule has 1 aromatic heterocycles. The van der Waals surface area contributed by atoms with Gasteiger partial charge in [-0.3, -0.25) is 9.79 Å². The number of aliphatic hydroxyl groups excluding tert-OH is 5. The number of rotatable bonds is 8. The summed E-state index contributed by atoms with van der Waals surface area (Å²) in [5.41, 5.74) is 7.45. The van der Waals surface area contributed by atoms with Gasteiger partial charge in [-0.25, -0.2) is 4.98 Å². The molecule has 12 nitrogen and oxygen atoms in total. The Bertz CT molecular complexity index is 2250. The zero-order valence-electron chi connectivity index (χ0n) is 42.4. The second-order valence-electron chi connectivity index (χ2n) is 24.3. The van der Waals surface area contributed by atoms with Gasteiger partial charge in [0.15, 0.2) is 11.7 Å². The maximum absolute atomic E-state index is 14.9. The van der Waals surface area contributed by atoms with E-state index >= 15 is 0 Å². The lowest BCUT2D eigenvalue weighted by Crippen LogP contribution is -2.67. The Kier molecular flexibility index (Phi) is 15.3. The summed E-state index contributed by atoms with van der Waals surface area (Å²) in [6, 6.07) is 10.6. The molecule has 15 unspecified atom stereocenters. The lowest BCUT2D eigenvalue weighted by molar-refractivity contribution is -0.183. The maximum atomic E-state index is 14.9. The van der Waals surface area contributed by atoms with Crippen molar-refractivity contribution in [3.8, 4) is 0 Å². The van der Waals surface area contributed by atoms with E-state index in [0.29, 0.717) is 30.3 Å². The van der Waals surface area contributed by atoms with Crippen LogP contribution in [0.4, 0.5) is 0 Å². The molecule has 1 spiro atoms. The number of aliphatic imine (C=N–C) groups is 1. The van der Waals surface area contributed by atoms with Crippen molar-refractivity contribution in [2.75, 3.05) is 18.9 Å². The zero-order chi connectivity index (χ0) is 49.8. The first-order chi connectivity index (χ1) is 33.3. The number of nitrogens with two attached hydrogens (primary N) is 1. The van der Waals surface area contributed by atoms with Crippen LogP contribution in [-0.2, 0) is 11.2 Å². The number of nitrogens with one attached hydrogen (secondary N) is 1. The number of aliphatic hydroxyl groups is 6. The number of allylic oxidation sites excluding steroid dienone is 2. The molecule has 15 atom stereocenters. The molecule has 7 aliphatic rings. The van der Waals surface area contributed by atoms with Crippen LogP contribution in [-0.4, -0.2) is 106 Å². The minimum absolute atomic E-state index is 0.0657. The minimum Gasteiger partial charge on any atom is -0.396 e. The second-order valence-corrected chi connectivity index (χ2v) is 26.9. The van der Waals surface area contributed by atoms with Crippen molar-refractivity contribution < 1.29 is 35.4 Å². The number of hydrogen-bond acceptors (Lipinski definition) is 11. The standard InChI is InChI=1S/C56H83N5O7S2/c1-34-40-22-43(56(68)44-25-46(65)42-24-47(66)48(67)29-53(42,5)50(44)38(27-55(40,56)32-62)30-59-51(57)60-35(2)63)49(16-15-36-12-7-6-8-13-36)70-69-31-39(61-21-20-58-33-61)28-52(3,4)41(23-45(34)64)37-14-11-19-54(26-37)17-9-10-18-54/h6-8,12-13,20-21,25,33-35,38-40,42-43,45,47-50,62-64,66-68H,9-11,14-19,22-24,26-32H2,1-5H3,(H3,57,59,60). The van der Waals surface area contributed by atoms with E-state index in [1.54, 1.807) is 13.0 Å². The molecule has 2 aromatic rings. The number of nitrogens with zero attached hydrogens (tertiary/aromatic N) is 3. The Morgan fingerprint density at radius 3 is 2.44 bits per heavy atom. The fourth-order valence-corrected chi connectivity index (χ4v) is 19.7. The van der Waals surface area contributed by atoms with Crippen molar-refractivity contribution in [2.45, 2.75) is 179 Å². The average Bonchev–Trinajstić information content (AvgIpc) is 4.08. The minimum atomic E-state index is -1.68. The average molecular weight is 1000 g/mol. The van der Waals surface area contributed by atoms with Crippen molar-refractivity contribution >= 4 is 33.3 Å². The van der Waals surface area contributed by atoms with Crippen LogP contribution in [0.25, 0.3) is 0 Å². The Labute approximate surface area is 424 Å². The third-order valence-electron chi connectivity index (χ3n) is 19.7. The van der Waals surface area contributed by atoms with Crippen LogP contribution in [0.3, 0.4) is 0 Å². The summed E-state index contributed by atoms with van der Waals surface area (Å²) in [6.07, 6.45) is 17.4. The van der Waals surface area contributed by atoms with Crippen LogP contribution in [0.1, 0.15) is 143 Å². The van der Waals surface area contributed by atoms with Gasteiger partial charge in [-0.1, -0.05) is 104 Å². The lowest BCUT2D eigenvalue weighted by atomic mass is 9.42. The van der Waals surface area contributed by atoms with Gasteiger partial charge < -0.3 is 46.3 Å². The van der Waals surface area contributed by atoms with E-state index in [1.807, 2.05) is 47.1 Å². The third kappa shape index (κ3) is 9.53. The summed E-state index contributed by atoms with van der Waals surface area (Å²) in [5.74, 6) is -1.84. The van der Waals surface area contributed by atoms with Gasteiger partial charge in [-0.2, -0.15) is 0 Å². The van der Waals surface area contributed by atoms with Gasteiger partial charge in [0.05, 0.1) is 36.8 Å². The summed E-state index contributed by atoms with van der Waals surface area (Å²) in [7, 11) is 3.68. The van der Waals surface area contributed by atoms with E-state index < -0.39 is 58.7 Å². The third-order valence-corrected chi connectivity index (χ3v) is 22.8. The molecular formula is C56H83N5O7S2. The van der Waals surface area contributed by atoms with Gasteiger partial charge in [0.2, 0.25) is 0 Å². The molecule has 1 aliphatic heterocycles. The van der Waals surface area contributed by atoms with E-state index in [0.717, 1.165) is 37.9 Å². The van der Waals surface area contributed by atoms with Crippen LogP contribution >= 0.6 is 21.6 Å². The molecule has 14 heteroatoms. The number of aromatic nitrogens is 2. The number of fused-ring (bicyclic) bond motifs is 9. The van der Waals surface area contributed by atoms with Gasteiger partial charge in [-0.05, 0) is 154 Å². The largest absolute Gasteiger partial charge is 0.396 e. The molecule has 9 N–H and O–H groups in total. The first-order valence-corrected chi connectivity index (χ1v) is 29.1. The van der Waals surface area contributed by atoms with Gasteiger partial charge in [-0.15, -0.1) is 0 Å². The molecule has 2 heterocycles. The molecular weight excluding hydrogens is 919 g/mol. The molecule has 6 aliphatic carbocycles. The van der Waals surface area contributed by atoms with Gasteiger partial charge in [0.1, 0.15) is 6.23 Å². The fraction of sp³-hybridized carbons (Fsp3) is 0.732. The van der Waals surface area contributed by atoms with Gasteiger partial charge >= 0.3 is 0 Å². The van der Waals surface area contributed by atoms with Gasteiger partial charge in [0.25, 0.3) is 0 Å². The number of aryl methyl sites for hydroxylation is 1. The monoisotopic (exact) mass is 1000 g/mol. The van der Waals surface area contributed by atoms with Crippen LogP contribution in [0.5, 0.6) is 0 Å². The fourth-order valence-electron chi connectivity index (χ4n) is 16.4. The Balaban J connectivity index is 1.21. The Hall–Kier alpha value is -2.69. The number of benzene rings is 1. The van der Waals surface area contributed by atoms with E-state index in [1.165, 1.54) is 55.2 Å². The number of guanidine groups is 1. The number of ketones is 1. The molecule has 5 saturated carbocycles. The first kappa shape index (κ1) is 52.2. The highest BCUT2D eigenvalue weighted by molar-refractivity contribution is 8.76. The molecule has 0 radical (unpaired) electrons. The molecule has 1 saturated heterocycles. The summed E-state index contributed by atoms with van der Waals surface area (Å²) in [5, 5.41) is 75.8. The van der Waals surface area contributed by atoms with E-state index in [2.05, 4.69) is 66.1 Å². The highest BCUT2D eigenvalue weighted by atomic mass is 33.1. The van der Waals surface area contributed by atoms with E-state index in [4.69, 9.17) is 10.7 Å². The number of hydrogen-bond donors (Lipinski definition) is 8.